The van der Waals surface area contributed by atoms with E-state index >= 15 is 0 Å². The monoisotopic (exact) mass is 189 g/mol. The van der Waals surface area contributed by atoms with Crippen molar-refractivity contribution in [2.45, 2.75) is 52.0 Å². The van der Waals surface area contributed by atoms with Gasteiger partial charge in [-0.2, -0.15) is 12.6 Å². The van der Waals surface area contributed by atoms with Gasteiger partial charge in [0.15, 0.2) is 0 Å². The van der Waals surface area contributed by atoms with Crippen LogP contribution in [0.2, 0.25) is 0 Å². The third kappa shape index (κ3) is 10.3. The molecule has 0 aromatic heterocycles. The molecule has 0 unspecified atom stereocenters. The van der Waals surface area contributed by atoms with Crippen LogP contribution in [-0.2, 0) is 0 Å². The number of unbranched alkanes of at least 4 members (excludes halogenated alkanes) is 3. The van der Waals surface area contributed by atoms with Crippen LogP contribution in [0.15, 0.2) is 0 Å². The highest BCUT2D eigenvalue weighted by molar-refractivity contribution is 7.80. The molecule has 0 aliphatic carbocycles. The van der Waals surface area contributed by atoms with Crippen LogP contribution in [0, 0.1) is 0 Å². The molecule has 0 spiro atoms. The van der Waals surface area contributed by atoms with Gasteiger partial charge in [-0.3, -0.25) is 0 Å². The van der Waals surface area contributed by atoms with E-state index in [0.29, 0.717) is 0 Å². The van der Waals surface area contributed by atoms with Crippen molar-refractivity contribution in [2.75, 3.05) is 12.3 Å². The Morgan fingerprint density at radius 2 is 1.58 bits per heavy atom. The summed E-state index contributed by atoms with van der Waals surface area (Å²) in [5.41, 5.74) is 0.281. The molecule has 0 saturated carbocycles. The summed E-state index contributed by atoms with van der Waals surface area (Å²) in [7, 11) is 0. The van der Waals surface area contributed by atoms with Gasteiger partial charge in [-0.25, -0.2) is 0 Å². The van der Waals surface area contributed by atoms with Crippen molar-refractivity contribution >= 4 is 12.6 Å². The summed E-state index contributed by atoms with van der Waals surface area (Å²) in [5.74, 6) is 1.03. The molecule has 0 aliphatic rings. The predicted octanol–water partition coefficient (Wildman–Crippen LogP) is 2.86. The Kier molecular flexibility index (Phi) is 6.96. The first kappa shape index (κ1) is 12.3. The van der Waals surface area contributed by atoms with Crippen LogP contribution in [0.3, 0.4) is 0 Å². The standard InChI is InChI=1S/C10H23NS/c1-10(2,3)11-8-6-4-5-7-9-12/h11-12H,4-9H2,1-3H3. The highest BCUT2D eigenvalue weighted by Gasteiger charge is 2.06. The molecule has 0 heterocycles. The normalized spacial score (nSPS) is 12.0. The Hall–Kier alpha value is 0.310. The molecule has 0 aliphatic heterocycles. The van der Waals surface area contributed by atoms with Gasteiger partial charge in [-0.1, -0.05) is 12.8 Å². The maximum Gasteiger partial charge on any atom is 0.00965 e. The molecular formula is C10H23NS. The molecule has 0 amide bonds. The number of thiol groups is 1. The lowest BCUT2D eigenvalue weighted by Gasteiger charge is -2.20. The van der Waals surface area contributed by atoms with Gasteiger partial charge in [0.1, 0.15) is 0 Å². The molecule has 2 heteroatoms. The van der Waals surface area contributed by atoms with E-state index in [1.165, 1.54) is 25.7 Å². The molecule has 0 radical (unpaired) electrons. The molecule has 74 valence electrons. The van der Waals surface area contributed by atoms with Gasteiger partial charge in [0.25, 0.3) is 0 Å². The van der Waals surface area contributed by atoms with Gasteiger partial charge >= 0.3 is 0 Å². The van der Waals surface area contributed by atoms with Crippen molar-refractivity contribution in [3.8, 4) is 0 Å². The van der Waals surface area contributed by atoms with Crippen LogP contribution in [-0.4, -0.2) is 17.8 Å². The minimum absolute atomic E-state index is 0.281. The van der Waals surface area contributed by atoms with Crippen molar-refractivity contribution in [1.29, 1.82) is 0 Å². The zero-order chi connectivity index (χ0) is 9.45. The van der Waals surface area contributed by atoms with Crippen LogP contribution in [0.5, 0.6) is 0 Å². The lowest BCUT2D eigenvalue weighted by molar-refractivity contribution is 0.417. The Balaban J connectivity index is 3.01. The first-order chi connectivity index (χ1) is 5.56. The highest BCUT2D eigenvalue weighted by Crippen LogP contribution is 2.02. The van der Waals surface area contributed by atoms with E-state index < -0.39 is 0 Å². The zero-order valence-electron chi connectivity index (χ0n) is 8.69. The topological polar surface area (TPSA) is 12.0 Å². The Morgan fingerprint density at radius 1 is 1.00 bits per heavy atom. The molecular weight excluding hydrogens is 166 g/mol. The first-order valence-corrected chi connectivity index (χ1v) is 5.55. The fourth-order valence-corrected chi connectivity index (χ4v) is 1.28. The minimum Gasteiger partial charge on any atom is -0.312 e. The molecule has 0 aromatic carbocycles. The number of nitrogens with one attached hydrogen (secondary N) is 1. The molecule has 1 N–H and O–H groups in total. The van der Waals surface area contributed by atoms with Crippen LogP contribution in [0.25, 0.3) is 0 Å². The second kappa shape index (κ2) is 6.79. The molecule has 1 nitrogen and oxygen atoms in total. The number of hydrogen-bond acceptors (Lipinski definition) is 2. The highest BCUT2D eigenvalue weighted by atomic mass is 32.1. The molecule has 0 rings (SSSR count). The summed E-state index contributed by atoms with van der Waals surface area (Å²) in [6.07, 6.45) is 5.22. The minimum atomic E-state index is 0.281. The molecule has 0 fully saturated rings. The van der Waals surface area contributed by atoms with E-state index in [2.05, 4.69) is 38.7 Å². The van der Waals surface area contributed by atoms with E-state index in [9.17, 15) is 0 Å². The van der Waals surface area contributed by atoms with Crippen molar-refractivity contribution < 1.29 is 0 Å². The van der Waals surface area contributed by atoms with Crippen LogP contribution in [0.4, 0.5) is 0 Å². The van der Waals surface area contributed by atoms with E-state index in [-0.39, 0.29) is 5.54 Å². The van der Waals surface area contributed by atoms with Gasteiger partial charge < -0.3 is 5.32 Å². The number of hydrogen-bond donors (Lipinski definition) is 2. The summed E-state index contributed by atoms with van der Waals surface area (Å²) in [6.45, 7) is 7.78. The van der Waals surface area contributed by atoms with Crippen LogP contribution < -0.4 is 5.32 Å². The first-order valence-electron chi connectivity index (χ1n) is 4.92. The third-order valence-corrected chi connectivity index (χ3v) is 2.06. The average Bonchev–Trinajstić information content (AvgIpc) is 1.94. The zero-order valence-corrected chi connectivity index (χ0v) is 9.58. The molecule has 0 atom stereocenters. The SMILES string of the molecule is CC(C)(C)NCCCCCCS. The lowest BCUT2D eigenvalue weighted by Crippen LogP contribution is -2.36. The fraction of sp³-hybridized carbons (Fsp3) is 1.00. The summed E-state index contributed by atoms with van der Waals surface area (Å²) >= 11 is 4.18. The summed E-state index contributed by atoms with van der Waals surface area (Å²) in [5, 5.41) is 3.48. The molecule has 0 aromatic rings. The van der Waals surface area contributed by atoms with Crippen molar-refractivity contribution in [3.05, 3.63) is 0 Å². The quantitative estimate of drug-likeness (QED) is 0.484. The summed E-state index contributed by atoms with van der Waals surface area (Å²) in [6, 6.07) is 0. The van der Waals surface area contributed by atoms with E-state index in [1.54, 1.807) is 0 Å². The fourth-order valence-electron chi connectivity index (χ4n) is 1.05. The third-order valence-electron chi connectivity index (χ3n) is 1.74. The molecule has 0 saturated heterocycles. The lowest BCUT2D eigenvalue weighted by atomic mass is 10.1. The summed E-state index contributed by atoms with van der Waals surface area (Å²) in [4.78, 5) is 0. The Labute approximate surface area is 82.7 Å². The van der Waals surface area contributed by atoms with Gasteiger partial charge in [-0.15, -0.1) is 0 Å². The molecule has 0 bridgehead atoms. The summed E-state index contributed by atoms with van der Waals surface area (Å²) < 4.78 is 0. The Bertz CT molecular complexity index is 96.5. The van der Waals surface area contributed by atoms with E-state index in [4.69, 9.17) is 0 Å². The van der Waals surface area contributed by atoms with Crippen molar-refractivity contribution in [1.82, 2.24) is 5.32 Å². The van der Waals surface area contributed by atoms with Crippen LogP contribution in [0.1, 0.15) is 46.5 Å². The van der Waals surface area contributed by atoms with E-state index in [1.807, 2.05) is 0 Å². The molecule has 12 heavy (non-hydrogen) atoms. The second-order valence-corrected chi connectivity index (χ2v) is 4.76. The van der Waals surface area contributed by atoms with Gasteiger partial charge in [0, 0.05) is 5.54 Å². The second-order valence-electron chi connectivity index (χ2n) is 4.31. The van der Waals surface area contributed by atoms with Gasteiger partial charge in [0.05, 0.1) is 0 Å². The average molecular weight is 189 g/mol. The van der Waals surface area contributed by atoms with Crippen molar-refractivity contribution in [3.63, 3.8) is 0 Å². The largest absolute Gasteiger partial charge is 0.312 e. The maximum atomic E-state index is 4.18. The van der Waals surface area contributed by atoms with Crippen molar-refractivity contribution in [2.24, 2.45) is 0 Å². The Morgan fingerprint density at radius 3 is 2.08 bits per heavy atom. The van der Waals surface area contributed by atoms with Gasteiger partial charge in [0.2, 0.25) is 0 Å². The van der Waals surface area contributed by atoms with Crippen LogP contribution >= 0.6 is 12.6 Å². The maximum absolute atomic E-state index is 4.18. The predicted molar refractivity (Wildman–Crippen MR) is 60.1 cm³/mol. The van der Waals surface area contributed by atoms with E-state index in [0.717, 1.165) is 12.3 Å². The smallest absolute Gasteiger partial charge is 0.00965 e. The number of rotatable bonds is 6. The van der Waals surface area contributed by atoms with Gasteiger partial charge in [-0.05, 0) is 45.9 Å².